The molecule has 1 aliphatic rings. The molecule has 5 nitrogen and oxygen atoms in total. The summed E-state index contributed by atoms with van der Waals surface area (Å²) in [5.41, 5.74) is 6.08. The maximum atomic E-state index is 5.82. The van der Waals surface area contributed by atoms with Crippen molar-refractivity contribution in [3.63, 3.8) is 0 Å². The molecule has 2 rings (SSSR count). The first-order chi connectivity index (χ1) is 9.20. The van der Waals surface area contributed by atoms with Crippen LogP contribution in [0, 0.1) is 0 Å². The summed E-state index contributed by atoms with van der Waals surface area (Å²) in [6.45, 7) is 4.82. The normalized spacial score (nSPS) is 19.4. The SMILES string of the molecule is CCCOC1CCCN(c2cnc(C(N)=S)cn2)C1. The number of rotatable bonds is 5. The van der Waals surface area contributed by atoms with Crippen molar-refractivity contribution in [3.8, 4) is 0 Å². The second kappa shape index (κ2) is 6.77. The minimum atomic E-state index is 0.279. The van der Waals surface area contributed by atoms with Crippen LogP contribution in [0.3, 0.4) is 0 Å². The maximum Gasteiger partial charge on any atom is 0.147 e. The molecule has 1 saturated heterocycles. The Balaban J connectivity index is 1.98. The molecule has 104 valence electrons. The molecule has 0 aliphatic carbocycles. The van der Waals surface area contributed by atoms with E-state index in [-0.39, 0.29) is 4.99 Å². The second-order valence-corrected chi connectivity index (χ2v) is 5.14. The number of nitrogens with two attached hydrogens (primary N) is 1. The number of thiocarbonyl (C=S) groups is 1. The molecule has 2 heterocycles. The molecule has 0 amide bonds. The van der Waals surface area contributed by atoms with Gasteiger partial charge >= 0.3 is 0 Å². The molecular formula is C13H20N4OS. The van der Waals surface area contributed by atoms with Crippen molar-refractivity contribution in [2.24, 2.45) is 5.73 Å². The van der Waals surface area contributed by atoms with Gasteiger partial charge in [0.25, 0.3) is 0 Å². The third kappa shape index (κ3) is 3.84. The minimum Gasteiger partial charge on any atom is -0.388 e. The molecule has 1 fully saturated rings. The van der Waals surface area contributed by atoms with Crippen LogP contribution in [0.1, 0.15) is 31.9 Å². The molecule has 2 N–H and O–H groups in total. The summed E-state index contributed by atoms with van der Waals surface area (Å²) in [6, 6.07) is 0. The van der Waals surface area contributed by atoms with Crippen molar-refractivity contribution < 1.29 is 4.74 Å². The van der Waals surface area contributed by atoms with E-state index in [9.17, 15) is 0 Å². The first-order valence-electron chi connectivity index (χ1n) is 6.69. The number of anilines is 1. The van der Waals surface area contributed by atoms with Gasteiger partial charge < -0.3 is 15.4 Å². The van der Waals surface area contributed by atoms with Gasteiger partial charge in [0.05, 0.1) is 18.5 Å². The Kier molecular flexibility index (Phi) is 5.04. The molecule has 1 atom stereocenters. The Morgan fingerprint density at radius 2 is 2.37 bits per heavy atom. The quantitative estimate of drug-likeness (QED) is 0.825. The van der Waals surface area contributed by atoms with Crippen LogP contribution in [0.2, 0.25) is 0 Å². The summed E-state index contributed by atoms with van der Waals surface area (Å²) >= 11 is 4.87. The van der Waals surface area contributed by atoms with Crippen LogP contribution in [0.4, 0.5) is 5.82 Å². The molecular weight excluding hydrogens is 260 g/mol. The molecule has 0 aromatic carbocycles. The molecule has 1 aliphatic heterocycles. The van der Waals surface area contributed by atoms with E-state index in [4.69, 9.17) is 22.7 Å². The molecule has 0 spiro atoms. The van der Waals surface area contributed by atoms with E-state index >= 15 is 0 Å². The van der Waals surface area contributed by atoms with E-state index in [1.54, 1.807) is 12.4 Å². The highest BCUT2D eigenvalue weighted by Gasteiger charge is 2.21. The number of aromatic nitrogens is 2. The molecule has 6 heteroatoms. The van der Waals surface area contributed by atoms with Crippen LogP contribution >= 0.6 is 12.2 Å². The first kappa shape index (κ1) is 14.1. The summed E-state index contributed by atoms with van der Waals surface area (Å²) in [7, 11) is 0. The zero-order valence-corrected chi connectivity index (χ0v) is 12.0. The van der Waals surface area contributed by atoms with Crippen molar-refractivity contribution in [1.29, 1.82) is 0 Å². The van der Waals surface area contributed by atoms with E-state index in [0.29, 0.717) is 11.8 Å². The van der Waals surface area contributed by atoms with Crippen LogP contribution < -0.4 is 10.6 Å². The second-order valence-electron chi connectivity index (χ2n) is 4.71. The number of nitrogens with zero attached hydrogens (tertiary/aromatic N) is 3. The average molecular weight is 280 g/mol. The maximum absolute atomic E-state index is 5.82. The zero-order chi connectivity index (χ0) is 13.7. The van der Waals surface area contributed by atoms with Gasteiger partial charge in [-0.15, -0.1) is 0 Å². The predicted octanol–water partition coefficient (Wildman–Crippen LogP) is 1.51. The van der Waals surface area contributed by atoms with E-state index in [0.717, 1.165) is 44.8 Å². The van der Waals surface area contributed by atoms with Gasteiger partial charge in [-0.25, -0.2) is 9.97 Å². The van der Waals surface area contributed by atoms with Crippen molar-refractivity contribution in [2.75, 3.05) is 24.6 Å². The van der Waals surface area contributed by atoms with Crippen LogP contribution in [0.5, 0.6) is 0 Å². The average Bonchev–Trinajstić information content (AvgIpc) is 2.45. The van der Waals surface area contributed by atoms with E-state index in [1.807, 2.05) is 0 Å². The third-order valence-electron chi connectivity index (χ3n) is 3.15. The fourth-order valence-electron chi connectivity index (χ4n) is 2.18. The zero-order valence-electron chi connectivity index (χ0n) is 11.2. The monoisotopic (exact) mass is 280 g/mol. The van der Waals surface area contributed by atoms with Crippen LogP contribution in [-0.2, 0) is 4.74 Å². The van der Waals surface area contributed by atoms with E-state index in [1.165, 1.54) is 0 Å². The summed E-state index contributed by atoms with van der Waals surface area (Å²) < 4.78 is 5.82. The first-order valence-corrected chi connectivity index (χ1v) is 7.10. The number of piperidine rings is 1. The molecule has 0 saturated carbocycles. The smallest absolute Gasteiger partial charge is 0.147 e. The fourth-order valence-corrected chi connectivity index (χ4v) is 2.28. The lowest BCUT2D eigenvalue weighted by molar-refractivity contribution is 0.0439. The van der Waals surface area contributed by atoms with Gasteiger partial charge in [0, 0.05) is 19.7 Å². The van der Waals surface area contributed by atoms with Crippen LogP contribution in [0.25, 0.3) is 0 Å². The Bertz CT molecular complexity index is 423. The van der Waals surface area contributed by atoms with Gasteiger partial charge in [-0.3, -0.25) is 0 Å². The summed E-state index contributed by atoms with van der Waals surface area (Å²) in [5.74, 6) is 0.866. The predicted molar refractivity (Wildman–Crippen MR) is 79.4 cm³/mol. The summed E-state index contributed by atoms with van der Waals surface area (Å²) in [6.07, 6.45) is 6.96. The van der Waals surface area contributed by atoms with Crippen molar-refractivity contribution in [3.05, 3.63) is 18.1 Å². The summed E-state index contributed by atoms with van der Waals surface area (Å²) in [4.78, 5) is 11.1. The van der Waals surface area contributed by atoms with Crippen molar-refractivity contribution in [2.45, 2.75) is 32.3 Å². The Labute approximate surface area is 119 Å². The van der Waals surface area contributed by atoms with Gasteiger partial charge in [0.2, 0.25) is 0 Å². The molecule has 0 radical (unpaired) electrons. The van der Waals surface area contributed by atoms with Crippen molar-refractivity contribution >= 4 is 23.0 Å². The summed E-state index contributed by atoms with van der Waals surface area (Å²) in [5, 5.41) is 0. The lowest BCUT2D eigenvalue weighted by Gasteiger charge is -2.33. The molecule has 0 bridgehead atoms. The highest BCUT2D eigenvalue weighted by atomic mass is 32.1. The van der Waals surface area contributed by atoms with Crippen molar-refractivity contribution in [1.82, 2.24) is 9.97 Å². The van der Waals surface area contributed by atoms with Crippen LogP contribution in [-0.4, -0.2) is 40.8 Å². The van der Waals surface area contributed by atoms with E-state index < -0.39 is 0 Å². The Morgan fingerprint density at radius 3 is 3.00 bits per heavy atom. The molecule has 1 aromatic heterocycles. The van der Waals surface area contributed by atoms with Gasteiger partial charge in [-0.05, 0) is 19.3 Å². The Morgan fingerprint density at radius 1 is 1.53 bits per heavy atom. The van der Waals surface area contributed by atoms with Gasteiger partial charge in [-0.2, -0.15) is 0 Å². The molecule has 19 heavy (non-hydrogen) atoms. The standard InChI is InChI=1S/C13H20N4OS/c1-2-6-18-10-4-3-5-17(9-10)12-8-15-11(7-16-12)13(14)19/h7-8,10H,2-6,9H2,1H3,(H2,14,19). The molecule has 1 aromatic rings. The van der Waals surface area contributed by atoms with Crippen LogP contribution in [0.15, 0.2) is 12.4 Å². The number of hydrogen-bond donors (Lipinski definition) is 1. The van der Waals surface area contributed by atoms with Gasteiger partial charge in [0.1, 0.15) is 16.5 Å². The number of ether oxygens (including phenoxy) is 1. The third-order valence-corrected chi connectivity index (χ3v) is 3.36. The molecule has 1 unspecified atom stereocenters. The number of hydrogen-bond acceptors (Lipinski definition) is 5. The lowest BCUT2D eigenvalue weighted by atomic mass is 10.1. The Hall–Kier alpha value is -1.27. The fraction of sp³-hybridized carbons (Fsp3) is 0.615. The van der Waals surface area contributed by atoms with E-state index in [2.05, 4.69) is 21.8 Å². The lowest BCUT2D eigenvalue weighted by Crippen LogP contribution is -2.40. The minimum absolute atomic E-state index is 0.279. The highest BCUT2D eigenvalue weighted by Crippen LogP contribution is 2.19. The van der Waals surface area contributed by atoms with Gasteiger partial charge in [-0.1, -0.05) is 19.1 Å². The topological polar surface area (TPSA) is 64.3 Å². The highest BCUT2D eigenvalue weighted by molar-refractivity contribution is 7.80. The van der Waals surface area contributed by atoms with Gasteiger partial charge in [0.15, 0.2) is 0 Å². The largest absolute Gasteiger partial charge is 0.388 e.